The summed E-state index contributed by atoms with van der Waals surface area (Å²) in [5, 5.41) is 36.6. The van der Waals surface area contributed by atoms with Crippen molar-refractivity contribution in [3.05, 3.63) is 34.9 Å². The number of rotatable bonds is 4. The number of aliphatic hydroxyl groups excluding tert-OH is 1. The van der Waals surface area contributed by atoms with Crippen LogP contribution in [0.15, 0.2) is 12.3 Å². The zero-order valence-electron chi connectivity index (χ0n) is 21.4. The standard InChI is InChI=1S/C26H29N9O3/c1-16-24-21-12-19-20(29-30-22(19)13-28-21)6-5-18-23(35(9-10-36)32-25(18)37-11-7-27)14-34-8-3-4-17(34)15-38-26(24)33(2)31-16/h5-6,12-13,17,36H,3-4,8-11,14-15H2,1-2H3,(H,29,30)/b6-5+. The second-order valence-corrected chi connectivity index (χ2v) is 9.58. The highest BCUT2D eigenvalue weighted by Crippen LogP contribution is 2.35. The second-order valence-electron chi connectivity index (χ2n) is 9.58. The van der Waals surface area contributed by atoms with E-state index in [-0.39, 0.29) is 19.3 Å². The number of aryl methyl sites for hydroxylation is 2. The first-order valence-electron chi connectivity index (χ1n) is 12.7. The Kier molecular flexibility index (Phi) is 6.30. The topological polar surface area (TPSA) is 143 Å². The molecule has 12 nitrogen and oxygen atoms in total. The zero-order valence-corrected chi connectivity index (χ0v) is 21.4. The minimum absolute atomic E-state index is 0.0650. The Bertz CT molecular complexity index is 1560. The number of aliphatic hydroxyl groups is 1. The van der Waals surface area contributed by atoms with E-state index in [0.717, 1.165) is 64.2 Å². The monoisotopic (exact) mass is 515 g/mol. The van der Waals surface area contributed by atoms with Crippen LogP contribution < -0.4 is 9.47 Å². The highest BCUT2D eigenvalue weighted by atomic mass is 16.5. The van der Waals surface area contributed by atoms with E-state index in [0.29, 0.717) is 31.5 Å². The largest absolute Gasteiger partial charge is 0.476 e. The van der Waals surface area contributed by atoms with E-state index < -0.39 is 0 Å². The predicted octanol–water partition coefficient (Wildman–Crippen LogP) is 2.29. The molecule has 0 saturated carbocycles. The van der Waals surface area contributed by atoms with Crippen molar-refractivity contribution in [1.82, 2.24) is 39.6 Å². The van der Waals surface area contributed by atoms with E-state index in [1.54, 1.807) is 15.6 Å². The quantitative estimate of drug-likeness (QED) is 0.418. The summed E-state index contributed by atoms with van der Waals surface area (Å²) in [6.07, 6.45) is 7.68. The van der Waals surface area contributed by atoms with E-state index >= 15 is 0 Å². The molecule has 6 heterocycles. The summed E-state index contributed by atoms with van der Waals surface area (Å²) >= 11 is 0. The summed E-state index contributed by atoms with van der Waals surface area (Å²) in [5.74, 6) is 1.05. The molecule has 196 valence electrons. The van der Waals surface area contributed by atoms with Gasteiger partial charge in [0.15, 0.2) is 6.61 Å². The maximum atomic E-state index is 9.74. The van der Waals surface area contributed by atoms with E-state index in [1.807, 2.05) is 38.3 Å². The van der Waals surface area contributed by atoms with Crippen LogP contribution in [0.5, 0.6) is 11.8 Å². The van der Waals surface area contributed by atoms with Crippen molar-refractivity contribution < 1.29 is 14.6 Å². The van der Waals surface area contributed by atoms with Crippen molar-refractivity contribution in [3.8, 4) is 29.1 Å². The fourth-order valence-corrected chi connectivity index (χ4v) is 5.43. The molecule has 1 saturated heterocycles. The Labute approximate surface area is 219 Å². The Morgan fingerprint density at radius 3 is 3.05 bits per heavy atom. The van der Waals surface area contributed by atoms with Gasteiger partial charge < -0.3 is 14.6 Å². The van der Waals surface area contributed by atoms with Gasteiger partial charge in [0.1, 0.15) is 12.7 Å². The molecule has 0 spiro atoms. The van der Waals surface area contributed by atoms with Crippen LogP contribution in [-0.2, 0) is 20.1 Å². The highest BCUT2D eigenvalue weighted by molar-refractivity contribution is 5.92. The maximum absolute atomic E-state index is 9.74. The molecule has 0 radical (unpaired) electrons. The van der Waals surface area contributed by atoms with Gasteiger partial charge in [-0.15, -0.1) is 5.10 Å². The molecular weight excluding hydrogens is 486 g/mol. The molecule has 2 aliphatic heterocycles. The van der Waals surface area contributed by atoms with Crippen molar-refractivity contribution in [2.45, 2.75) is 38.9 Å². The fourth-order valence-electron chi connectivity index (χ4n) is 5.43. The second kappa shape index (κ2) is 9.92. The van der Waals surface area contributed by atoms with Gasteiger partial charge in [0, 0.05) is 25.0 Å². The first kappa shape index (κ1) is 24.1. The van der Waals surface area contributed by atoms with Crippen LogP contribution in [0.3, 0.4) is 0 Å². The number of nitrogens with zero attached hydrogens (tertiary/aromatic N) is 8. The summed E-state index contributed by atoms with van der Waals surface area (Å²) in [6.45, 7) is 4.11. The Hall–Kier alpha value is -4.21. The number of hydrogen-bond acceptors (Lipinski definition) is 9. The van der Waals surface area contributed by atoms with Gasteiger partial charge in [-0.25, -0.2) is 4.68 Å². The van der Waals surface area contributed by atoms with Crippen LogP contribution in [0.2, 0.25) is 0 Å². The summed E-state index contributed by atoms with van der Waals surface area (Å²) < 4.78 is 15.7. The molecule has 2 aliphatic rings. The average molecular weight is 516 g/mol. The summed E-state index contributed by atoms with van der Waals surface area (Å²) in [5.41, 5.74) is 5.69. The van der Waals surface area contributed by atoms with Gasteiger partial charge in [0.05, 0.1) is 58.8 Å². The lowest BCUT2D eigenvalue weighted by Crippen LogP contribution is -2.35. The van der Waals surface area contributed by atoms with Gasteiger partial charge in [-0.2, -0.15) is 15.5 Å². The van der Waals surface area contributed by atoms with Crippen molar-refractivity contribution >= 4 is 23.1 Å². The number of fused-ring (bicyclic) bond motifs is 5. The lowest BCUT2D eigenvalue weighted by Gasteiger charge is -2.25. The van der Waals surface area contributed by atoms with Crippen LogP contribution in [0, 0.1) is 18.3 Å². The summed E-state index contributed by atoms with van der Waals surface area (Å²) in [7, 11) is 1.89. The first-order chi connectivity index (χ1) is 18.6. The van der Waals surface area contributed by atoms with Crippen molar-refractivity contribution in [2.24, 2.45) is 7.05 Å². The van der Waals surface area contributed by atoms with Crippen LogP contribution in [0.1, 0.15) is 35.5 Å². The smallest absolute Gasteiger partial charge is 0.241 e. The molecule has 6 rings (SSSR count). The third kappa shape index (κ3) is 4.19. The Morgan fingerprint density at radius 2 is 2.21 bits per heavy atom. The minimum atomic E-state index is -0.122. The molecule has 4 aromatic rings. The molecule has 1 unspecified atom stereocenters. The van der Waals surface area contributed by atoms with Gasteiger partial charge in [-0.3, -0.25) is 19.7 Å². The average Bonchev–Trinajstić information content (AvgIpc) is 3.66. The summed E-state index contributed by atoms with van der Waals surface area (Å²) in [4.78, 5) is 7.07. The molecule has 0 aliphatic carbocycles. The number of aromatic nitrogens is 7. The van der Waals surface area contributed by atoms with E-state index in [9.17, 15) is 5.11 Å². The molecule has 0 amide bonds. The SMILES string of the molecule is Cc1nn(C)c2c1-c1cc3c(n[nH]c3cn1)/C=C/c1c(OCC#N)nn(CCO)c1CN1CCCC1CO2. The molecule has 2 bridgehead atoms. The maximum Gasteiger partial charge on any atom is 0.241 e. The predicted molar refractivity (Wildman–Crippen MR) is 139 cm³/mol. The number of aromatic amines is 1. The minimum Gasteiger partial charge on any atom is -0.476 e. The van der Waals surface area contributed by atoms with Crippen LogP contribution in [0.25, 0.3) is 34.3 Å². The molecule has 1 atom stereocenters. The molecule has 2 N–H and O–H groups in total. The first-order valence-corrected chi connectivity index (χ1v) is 12.7. The number of H-pyrrole nitrogens is 1. The fraction of sp³-hybridized carbons (Fsp3) is 0.423. The van der Waals surface area contributed by atoms with Gasteiger partial charge >= 0.3 is 0 Å². The van der Waals surface area contributed by atoms with Gasteiger partial charge in [-0.1, -0.05) is 0 Å². The number of nitrogens with one attached hydrogen (secondary N) is 1. The van der Waals surface area contributed by atoms with Crippen LogP contribution >= 0.6 is 0 Å². The van der Waals surface area contributed by atoms with E-state index in [4.69, 9.17) is 19.7 Å². The number of pyridine rings is 1. The number of ether oxygens (including phenoxy) is 2. The normalized spacial score (nSPS) is 18.2. The third-order valence-electron chi connectivity index (χ3n) is 7.22. The Balaban J connectivity index is 1.54. The van der Waals surface area contributed by atoms with Gasteiger partial charge in [-0.05, 0) is 44.5 Å². The lowest BCUT2D eigenvalue weighted by molar-refractivity contribution is 0.156. The third-order valence-corrected chi connectivity index (χ3v) is 7.22. The molecule has 4 aromatic heterocycles. The van der Waals surface area contributed by atoms with E-state index in [2.05, 4.69) is 25.3 Å². The van der Waals surface area contributed by atoms with Gasteiger partial charge in [0.25, 0.3) is 0 Å². The van der Waals surface area contributed by atoms with Crippen LogP contribution in [-0.4, -0.2) is 77.2 Å². The number of nitriles is 1. The molecule has 38 heavy (non-hydrogen) atoms. The van der Waals surface area contributed by atoms with Crippen molar-refractivity contribution in [1.29, 1.82) is 5.26 Å². The zero-order chi connectivity index (χ0) is 26.2. The lowest BCUT2D eigenvalue weighted by atomic mass is 10.1. The summed E-state index contributed by atoms with van der Waals surface area (Å²) in [6, 6.07) is 4.21. The Morgan fingerprint density at radius 1 is 1.32 bits per heavy atom. The molecule has 0 aromatic carbocycles. The van der Waals surface area contributed by atoms with Gasteiger partial charge in [0.2, 0.25) is 11.8 Å². The van der Waals surface area contributed by atoms with Crippen molar-refractivity contribution in [2.75, 3.05) is 26.4 Å². The van der Waals surface area contributed by atoms with Crippen molar-refractivity contribution in [3.63, 3.8) is 0 Å². The van der Waals surface area contributed by atoms with Crippen LogP contribution in [0.4, 0.5) is 0 Å². The highest BCUT2D eigenvalue weighted by Gasteiger charge is 2.30. The molecule has 12 heteroatoms. The van der Waals surface area contributed by atoms with E-state index in [1.165, 1.54) is 0 Å². The molecule has 1 fully saturated rings. The molecular formula is C26H29N9O3. The number of hydrogen-bond donors (Lipinski definition) is 2.